The Hall–Kier alpha value is -2.67. The van der Waals surface area contributed by atoms with Crippen molar-refractivity contribution >= 4 is 38.8 Å². The molecule has 3 heterocycles. The summed E-state index contributed by atoms with van der Waals surface area (Å²) in [6.45, 7) is 2.53. The fourth-order valence-corrected chi connectivity index (χ4v) is 5.22. The summed E-state index contributed by atoms with van der Waals surface area (Å²) in [5.41, 5.74) is 2.74. The van der Waals surface area contributed by atoms with Gasteiger partial charge in [-0.15, -0.1) is 11.3 Å². The molecule has 1 aliphatic rings. The molecule has 0 bridgehead atoms. The normalized spacial score (nSPS) is 16.9. The standard InChI is InChI=1S/C23H21ClN4OS/c24-19-9-5-4-8-17(19)18-14-30-23-21(18)22(29)26-20(27-23)13-28-11-10-16(12-28)25-15-6-2-1-3-7-15/h1-9,14,16,25H,10-13H2,(H,26,27,29). The number of benzene rings is 2. The Bertz CT molecular complexity index is 1240. The van der Waals surface area contributed by atoms with Gasteiger partial charge in [0.15, 0.2) is 0 Å². The number of hydrogen-bond donors (Lipinski definition) is 2. The predicted octanol–water partition coefficient (Wildman–Crippen LogP) is 4.99. The first-order valence-electron chi connectivity index (χ1n) is 9.96. The van der Waals surface area contributed by atoms with E-state index in [1.54, 1.807) is 0 Å². The quantitative estimate of drug-likeness (QED) is 0.462. The van der Waals surface area contributed by atoms with Gasteiger partial charge in [-0.2, -0.15) is 0 Å². The molecule has 2 aromatic carbocycles. The Morgan fingerprint density at radius 1 is 1.13 bits per heavy atom. The molecule has 0 radical (unpaired) electrons. The van der Waals surface area contributed by atoms with E-state index in [1.807, 2.05) is 47.8 Å². The van der Waals surface area contributed by atoms with Crippen LogP contribution in [0.25, 0.3) is 21.3 Å². The molecule has 1 fully saturated rings. The molecule has 2 N–H and O–H groups in total. The van der Waals surface area contributed by atoms with Crippen molar-refractivity contribution in [3.05, 3.63) is 81.2 Å². The van der Waals surface area contributed by atoms with Crippen molar-refractivity contribution < 1.29 is 0 Å². The summed E-state index contributed by atoms with van der Waals surface area (Å²) in [6, 6.07) is 18.2. The molecule has 7 heteroatoms. The highest BCUT2D eigenvalue weighted by Gasteiger charge is 2.23. The number of thiophene rings is 1. The van der Waals surface area contributed by atoms with E-state index in [1.165, 1.54) is 11.3 Å². The maximum absolute atomic E-state index is 12.9. The van der Waals surface area contributed by atoms with Gasteiger partial charge in [0.25, 0.3) is 5.56 Å². The van der Waals surface area contributed by atoms with Crippen LogP contribution in [0.3, 0.4) is 0 Å². The Morgan fingerprint density at radius 2 is 1.93 bits per heavy atom. The van der Waals surface area contributed by atoms with Gasteiger partial charge < -0.3 is 10.3 Å². The molecule has 30 heavy (non-hydrogen) atoms. The van der Waals surface area contributed by atoms with Gasteiger partial charge >= 0.3 is 0 Å². The van der Waals surface area contributed by atoms with Crippen molar-refractivity contribution in [3.8, 4) is 11.1 Å². The second-order valence-corrected chi connectivity index (χ2v) is 8.82. The van der Waals surface area contributed by atoms with Gasteiger partial charge in [-0.3, -0.25) is 9.69 Å². The van der Waals surface area contributed by atoms with E-state index in [-0.39, 0.29) is 5.56 Å². The first kappa shape index (κ1) is 19.3. The molecule has 0 amide bonds. The van der Waals surface area contributed by atoms with Crippen LogP contribution >= 0.6 is 22.9 Å². The summed E-state index contributed by atoms with van der Waals surface area (Å²) >= 11 is 7.83. The van der Waals surface area contributed by atoms with E-state index in [0.717, 1.165) is 41.2 Å². The zero-order chi connectivity index (χ0) is 20.5. The molecule has 152 valence electrons. The number of likely N-dealkylation sites (tertiary alicyclic amines) is 1. The Kier molecular flexibility index (Phi) is 5.29. The molecule has 1 atom stereocenters. The van der Waals surface area contributed by atoms with Crippen molar-refractivity contribution in [1.29, 1.82) is 0 Å². The highest BCUT2D eigenvalue weighted by Crippen LogP contribution is 2.34. The highest BCUT2D eigenvalue weighted by molar-refractivity contribution is 7.17. The Morgan fingerprint density at radius 3 is 2.77 bits per heavy atom. The number of nitrogens with one attached hydrogen (secondary N) is 2. The second kappa shape index (κ2) is 8.22. The summed E-state index contributed by atoms with van der Waals surface area (Å²) in [5, 5.41) is 6.79. The minimum Gasteiger partial charge on any atom is -0.381 e. The van der Waals surface area contributed by atoms with Gasteiger partial charge in [0.1, 0.15) is 10.7 Å². The third kappa shape index (κ3) is 3.86. The molecule has 1 aliphatic heterocycles. The number of hydrogen-bond acceptors (Lipinski definition) is 5. The molecule has 1 saturated heterocycles. The summed E-state index contributed by atoms with van der Waals surface area (Å²) in [6.07, 6.45) is 1.07. The molecular weight excluding hydrogens is 416 g/mol. The first-order valence-corrected chi connectivity index (χ1v) is 11.2. The van der Waals surface area contributed by atoms with Gasteiger partial charge in [-0.05, 0) is 24.6 Å². The largest absolute Gasteiger partial charge is 0.381 e. The van der Waals surface area contributed by atoms with Crippen molar-refractivity contribution in [1.82, 2.24) is 14.9 Å². The van der Waals surface area contributed by atoms with Crippen LogP contribution in [0.1, 0.15) is 12.2 Å². The fraction of sp³-hybridized carbons (Fsp3) is 0.217. The highest BCUT2D eigenvalue weighted by atomic mass is 35.5. The van der Waals surface area contributed by atoms with Crippen LogP contribution in [0.4, 0.5) is 5.69 Å². The van der Waals surface area contributed by atoms with Crippen LogP contribution in [-0.4, -0.2) is 34.0 Å². The van der Waals surface area contributed by atoms with Crippen molar-refractivity contribution in [3.63, 3.8) is 0 Å². The van der Waals surface area contributed by atoms with E-state index < -0.39 is 0 Å². The van der Waals surface area contributed by atoms with Crippen LogP contribution in [0.5, 0.6) is 0 Å². The lowest BCUT2D eigenvalue weighted by Crippen LogP contribution is -2.27. The smallest absolute Gasteiger partial charge is 0.260 e. The molecule has 4 aromatic rings. The summed E-state index contributed by atoms with van der Waals surface area (Å²) in [7, 11) is 0. The third-order valence-corrected chi connectivity index (χ3v) is 6.65. The number of fused-ring (bicyclic) bond motifs is 1. The number of aromatic amines is 1. The zero-order valence-corrected chi connectivity index (χ0v) is 17.8. The average molecular weight is 437 g/mol. The topological polar surface area (TPSA) is 61.0 Å². The SMILES string of the molecule is O=c1[nH]c(CN2CCC(Nc3ccccc3)C2)nc2scc(-c3ccccc3Cl)c12. The zero-order valence-electron chi connectivity index (χ0n) is 16.3. The lowest BCUT2D eigenvalue weighted by molar-refractivity contribution is 0.320. The number of H-pyrrole nitrogens is 1. The molecule has 0 spiro atoms. The maximum Gasteiger partial charge on any atom is 0.260 e. The van der Waals surface area contributed by atoms with Crippen molar-refractivity contribution in [2.45, 2.75) is 19.0 Å². The van der Waals surface area contributed by atoms with E-state index in [4.69, 9.17) is 16.6 Å². The van der Waals surface area contributed by atoms with Crippen LogP contribution in [-0.2, 0) is 6.54 Å². The van der Waals surface area contributed by atoms with E-state index in [0.29, 0.717) is 28.8 Å². The molecule has 0 saturated carbocycles. The number of anilines is 1. The van der Waals surface area contributed by atoms with E-state index in [9.17, 15) is 4.79 Å². The van der Waals surface area contributed by atoms with Crippen molar-refractivity contribution in [2.24, 2.45) is 0 Å². The predicted molar refractivity (Wildman–Crippen MR) is 124 cm³/mol. The third-order valence-electron chi connectivity index (χ3n) is 5.45. The average Bonchev–Trinajstić information content (AvgIpc) is 3.36. The molecule has 5 rings (SSSR count). The molecular formula is C23H21ClN4OS. The second-order valence-electron chi connectivity index (χ2n) is 7.55. The summed E-state index contributed by atoms with van der Waals surface area (Å²) in [4.78, 5) is 23.7. The monoisotopic (exact) mass is 436 g/mol. The van der Waals surface area contributed by atoms with Crippen LogP contribution < -0.4 is 10.9 Å². The first-order chi connectivity index (χ1) is 14.7. The fourth-order valence-electron chi connectivity index (χ4n) is 4.02. The van der Waals surface area contributed by atoms with Crippen LogP contribution in [0.15, 0.2) is 64.8 Å². The maximum atomic E-state index is 12.9. The minimum atomic E-state index is -0.107. The van der Waals surface area contributed by atoms with Gasteiger partial charge in [-0.25, -0.2) is 4.98 Å². The number of nitrogens with zero attached hydrogens (tertiary/aromatic N) is 2. The number of rotatable bonds is 5. The van der Waals surface area contributed by atoms with Crippen LogP contribution in [0, 0.1) is 0 Å². The number of halogens is 1. The Balaban J connectivity index is 1.34. The van der Waals surface area contributed by atoms with Crippen molar-refractivity contribution in [2.75, 3.05) is 18.4 Å². The van der Waals surface area contributed by atoms with Gasteiger partial charge in [-0.1, -0.05) is 48.0 Å². The van der Waals surface area contributed by atoms with E-state index >= 15 is 0 Å². The van der Waals surface area contributed by atoms with E-state index in [2.05, 4.69) is 27.3 Å². The van der Waals surface area contributed by atoms with Gasteiger partial charge in [0.2, 0.25) is 0 Å². The van der Waals surface area contributed by atoms with Crippen LogP contribution in [0.2, 0.25) is 5.02 Å². The summed E-state index contributed by atoms with van der Waals surface area (Å²) < 4.78 is 0. The van der Waals surface area contributed by atoms with Gasteiger partial charge in [0, 0.05) is 46.3 Å². The molecule has 2 aromatic heterocycles. The number of para-hydroxylation sites is 1. The summed E-state index contributed by atoms with van der Waals surface area (Å²) in [5.74, 6) is 0.709. The lowest BCUT2D eigenvalue weighted by Gasteiger charge is -2.17. The molecule has 5 nitrogen and oxygen atoms in total. The lowest BCUT2D eigenvalue weighted by atomic mass is 10.1. The number of aromatic nitrogens is 2. The Labute approximate surface area is 183 Å². The van der Waals surface area contributed by atoms with Gasteiger partial charge in [0.05, 0.1) is 11.9 Å². The molecule has 1 unspecified atom stereocenters. The molecule has 0 aliphatic carbocycles. The minimum absolute atomic E-state index is 0.107.